The highest BCUT2D eigenvalue weighted by Gasteiger charge is 2.23. The number of hydrogen-bond donors (Lipinski definition) is 0. The molecule has 3 aromatic rings. The van der Waals surface area contributed by atoms with Gasteiger partial charge in [-0.1, -0.05) is 55.0 Å². The molecule has 0 saturated heterocycles. The van der Waals surface area contributed by atoms with Gasteiger partial charge in [-0.25, -0.2) is 18.0 Å². The average molecular weight is 560 g/mol. The number of rotatable bonds is 5. The van der Waals surface area contributed by atoms with Crippen molar-refractivity contribution in [1.29, 1.82) is 0 Å². The van der Waals surface area contributed by atoms with E-state index in [0.717, 1.165) is 15.6 Å². The molecule has 0 aromatic heterocycles. The van der Waals surface area contributed by atoms with Crippen molar-refractivity contribution in [1.82, 2.24) is 0 Å². The number of halogens is 4. The van der Waals surface area contributed by atoms with Gasteiger partial charge in [0.1, 0.15) is 5.76 Å². The van der Waals surface area contributed by atoms with E-state index in [-0.39, 0.29) is 28.9 Å². The number of benzene rings is 3. The zero-order valence-corrected chi connectivity index (χ0v) is 19.9. The molecule has 0 amide bonds. The first-order valence-corrected chi connectivity index (χ1v) is 11.6. The highest BCUT2D eigenvalue weighted by Crippen LogP contribution is 2.32. The summed E-state index contributed by atoms with van der Waals surface area (Å²) in [7, 11) is 0. The molecule has 0 aliphatic heterocycles. The van der Waals surface area contributed by atoms with E-state index < -0.39 is 23.8 Å². The van der Waals surface area contributed by atoms with Crippen molar-refractivity contribution in [2.75, 3.05) is 0 Å². The predicted molar refractivity (Wildman–Crippen MR) is 131 cm³/mol. The molecule has 0 heterocycles. The third-order valence-corrected chi connectivity index (χ3v) is 6.29. The lowest BCUT2D eigenvalue weighted by Gasteiger charge is -2.18. The van der Waals surface area contributed by atoms with Crippen LogP contribution in [0.4, 0.5) is 13.2 Å². The van der Waals surface area contributed by atoms with E-state index in [4.69, 9.17) is 4.74 Å². The molecule has 33 heavy (non-hydrogen) atoms. The van der Waals surface area contributed by atoms with Crippen molar-refractivity contribution >= 4 is 28.6 Å². The normalized spacial score (nSPS) is 15.6. The quantitative estimate of drug-likeness (QED) is 0.233. The summed E-state index contributed by atoms with van der Waals surface area (Å²) in [5, 5.41) is 0. The van der Waals surface area contributed by atoms with Gasteiger partial charge in [0, 0.05) is 21.1 Å². The first-order chi connectivity index (χ1) is 15.9. The molecule has 6 heteroatoms. The Kier molecular flexibility index (Phi) is 7.02. The van der Waals surface area contributed by atoms with Gasteiger partial charge in [-0.05, 0) is 70.5 Å². The van der Waals surface area contributed by atoms with E-state index in [1.54, 1.807) is 18.2 Å². The van der Waals surface area contributed by atoms with Crippen molar-refractivity contribution in [2.45, 2.75) is 25.9 Å². The van der Waals surface area contributed by atoms with Crippen LogP contribution in [-0.2, 0) is 4.74 Å². The van der Waals surface area contributed by atoms with Crippen LogP contribution in [-0.4, -0.2) is 12.1 Å². The van der Waals surface area contributed by atoms with Crippen LogP contribution < -0.4 is 0 Å². The highest BCUT2D eigenvalue weighted by atomic mass is 127. The third-order valence-electron chi connectivity index (χ3n) is 5.57. The molecular weight excluding hydrogens is 540 g/mol. The maximum atomic E-state index is 14.9. The van der Waals surface area contributed by atoms with Crippen molar-refractivity contribution in [3.05, 3.63) is 105 Å². The zero-order valence-electron chi connectivity index (χ0n) is 17.7. The van der Waals surface area contributed by atoms with Crippen LogP contribution in [0.15, 0.2) is 84.1 Å². The molecule has 4 rings (SSSR count). The summed E-state index contributed by atoms with van der Waals surface area (Å²) in [5.41, 5.74) is 2.39. The fourth-order valence-electron chi connectivity index (χ4n) is 3.64. The lowest BCUT2D eigenvalue weighted by Crippen LogP contribution is -2.16. The van der Waals surface area contributed by atoms with Crippen molar-refractivity contribution in [2.24, 2.45) is 0 Å². The number of carbonyl (C=O) groups is 1. The molecule has 0 fully saturated rings. The van der Waals surface area contributed by atoms with Crippen LogP contribution in [0, 0.1) is 15.2 Å². The summed E-state index contributed by atoms with van der Waals surface area (Å²) in [4.78, 5) is 12.4. The van der Waals surface area contributed by atoms with Crippen molar-refractivity contribution in [3.8, 4) is 22.3 Å². The van der Waals surface area contributed by atoms with Crippen LogP contribution >= 0.6 is 22.6 Å². The first-order valence-electron chi connectivity index (χ1n) is 10.5. The van der Waals surface area contributed by atoms with E-state index in [0.29, 0.717) is 11.1 Å². The Labute approximate surface area is 203 Å². The fourth-order valence-corrected chi connectivity index (χ4v) is 4.00. The second-order valence-electron chi connectivity index (χ2n) is 7.68. The van der Waals surface area contributed by atoms with Gasteiger partial charge in [0.05, 0.1) is 5.56 Å². The van der Waals surface area contributed by atoms with E-state index >= 15 is 0 Å². The number of esters is 1. The maximum absolute atomic E-state index is 14.9. The predicted octanol–water partition coefficient (Wildman–Crippen LogP) is 8.02. The first kappa shape index (κ1) is 23.3. The van der Waals surface area contributed by atoms with Gasteiger partial charge in [0.15, 0.2) is 17.8 Å². The summed E-state index contributed by atoms with van der Waals surface area (Å²) >= 11 is 2.14. The van der Waals surface area contributed by atoms with E-state index in [9.17, 15) is 18.0 Å². The monoisotopic (exact) mass is 560 g/mol. The Bertz CT molecular complexity index is 1250. The van der Waals surface area contributed by atoms with Gasteiger partial charge in [0.2, 0.25) is 0 Å². The minimum absolute atomic E-state index is 0.0272. The molecule has 2 nitrogen and oxygen atoms in total. The number of hydrogen-bond acceptors (Lipinski definition) is 2. The fraction of sp³-hybridized carbons (Fsp3) is 0.148. The Balaban J connectivity index is 1.54. The highest BCUT2D eigenvalue weighted by molar-refractivity contribution is 14.1. The van der Waals surface area contributed by atoms with Crippen LogP contribution in [0.3, 0.4) is 0 Å². The molecular formula is C27H20F3IO2. The molecule has 1 unspecified atom stereocenters. The second kappa shape index (κ2) is 9.95. The minimum Gasteiger partial charge on any atom is -0.424 e. The van der Waals surface area contributed by atoms with Crippen LogP contribution in [0.5, 0.6) is 0 Å². The van der Waals surface area contributed by atoms with Crippen molar-refractivity contribution in [3.63, 3.8) is 0 Å². The summed E-state index contributed by atoms with van der Waals surface area (Å²) in [6.45, 7) is 1.94. The zero-order chi connectivity index (χ0) is 23.5. The summed E-state index contributed by atoms with van der Waals surface area (Å²) in [6, 6.07) is 16.1. The molecule has 0 radical (unpaired) electrons. The summed E-state index contributed by atoms with van der Waals surface area (Å²) in [6.07, 6.45) is 2.82. The average Bonchev–Trinajstić information content (AvgIpc) is 2.83. The van der Waals surface area contributed by atoms with Crippen LogP contribution in [0.2, 0.25) is 0 Å². The SMILES string of the molecule is CCC1=CC=C(OC(=O)c2ccc(-c3ccc(-c4ccc(I)cc4)c(F)c3F)cc2)C(F)C1. The summed E-state index contributed by atoms with van der Waals surface area (Å²) in [5.74, 6) is -2.63. The summed E-state index contributed by atoms with van der Waals surface area (Å²) < 4.78 is 50.1. The van der Waals surface area contributed by atoms with Gasteiger partial charge >= 0.3 is 5.97 Å². The van der Waals surface area contributed by atoms with Gasteiger partial charge in [-0.2, -0.15) is 0 Å². The Morgan fingerprint density at radius 3 is 1.97 bits per heavy atom. The Morgan fingerprint density at radius 1 is 0.909 bits per heavy atom. The van der Waals surface area contributed by atoms with E-state index in [1.165, 1.54) is 42.5 Å². The molecule has 0 spiro atoms. The number of ether oxygens (including phenoxy) is 1. The van der Waals surface area contributed by atoms with E-state index in [1.807, 2.05) is 19.1 Å². The largest absolute Gasteiger partial charge is 0.424 e. The third kappa shape index (κ3) is 5.05. The van der Waals surface area contributed by atoms with Gasteiger partial charge < -0.3 is 4.74 Å². The molecule has 1 atom stereocenters. The molecule has 1 aliphatic rings. The maximum Gasteiger partial charge on any atom is 0.343 e. The van der Waals surface area contributed by atoms with Crippen molar-refractivity contribution < 1.29 is 22.7 Å². The smallest absolute Gasteiger partial charge is 0.343 e. The van der Waals surface area contributed by atoms with Crippen LogP contribution in [0.25, 0.3) is 22.3 Å². The molecule has 1 aliphatic carbocycles. The lowest BCUT2D eigenvalue weighted by atomic mass is 9.98. The molecule has 3 aromatic carbocycles. The topological polar surface area (TPSA) is 26.3 Å². The number of carbonyl (C=O) groups excluding carboxylic acids is 1. The number of allylic oxidation sites excluding steroid dienone is 4. The lowest BCUT2D eigenvalue weighted by molar-refractivity contribution is 0.0566. The molecule has 0 N–H and O–H groups in total. The second-order valence-corrected chi connectivity index (χ2v) is 8.93. The minimum atomic E-state index is -1.36. The standard InChI is InChI=1S/C27H20F3IO2/c1-2-16-3-14-24(23(28)15-16)33-27(32)19-6-4-17(5-7-19)21-12-13-22(26(30)25(21)29)18-8-10-20(31)11-9-18/h3-14,23H,2,15H2,1H3. The van der Waals surface area contributed by atoms with E-state index in [2.05, 4.69) is 22.6 Å². The molecule has 168 valence electrons. The molecule has 0 bridgehead atoms. The Hall–Kier alpha value is -2.87. The molecule has 0 saturated carbocycles. The van der Waals surface area contributed by atoms with Gasteiger partial charge in [0.25, 0.3) is 0 Å². The van der Waals surface area contributed by atoms with Gasteiger partial charge in [-0.15, -0.1) is 0 Å². The van der Waals surface area contributed by atoms with Crippen LogP contribution in [0.1, 0.15) is 30.1 Å². The number of alkyl halides is 1. The van der Waals surface area contributed by atoms with Gasteiger partial charge in [-0.3, -0.25) is 0 Å². The Morgan fingerprint density at radius 2 is 1.45 bits per heavy atom.